The Morgan fingerprint density at radius 2 is 1.84 bits per heavy atom. The van der Waals surface area contributed by atoms with E-state index in [9.17, 15) is 17.6 Å². The van der Waals surface area contributed by atoms with E-state index in [1.54, 1.807) is 12.1 Å². The van der Waals surface area contributed by atoms with Crippen LogP contribution in [-0.4, -0.2) is 11.5 Å². The molecule has 170 valence electrons. The van der Waals surface area contributed by atoms with Crippen molar-refractivity contribution in [3.8, 4) is 0 Å². The van der Waals surface area contributed by atoms with E-state index in [0.29, 0.717) is 28.7 Å². The van der Waals surface area contributed by atoms with Crippen LogP contribution in [0.2, 0.25) is 0 Å². The molecule has 1 heterocycles. The molecule has 2 unspecified atom stereocenters. The molecule has 0 saturated heterocycles. The van der Waals surface area contributed by atoms with E-state index in [1.165, 1.54) is 36.5 Å². The monoisotopic (exact) mass is 464 g/mol. The van der Waals surface area contributed by atoms with Gasteiger partial charge in [-0.3, -0.25) is 0 Å². The first kappa shape index (κ1) is 24.0. The Kier molecular flexibility index (Phi) is 7.69. The molecule has 0 aliphatic heterocycles. The van der Waals surface area contributed by atoms with E-state index in [0.717, 1.165) is 24.7 Å². The van der Waals surface area contributed by atoms with Crippen LogP contribution in [0.15, 0.2) is 54.7 Å². The fourth-order valence-corrected chi connectivity index (χ4v) is 3.91. The van der Waals surface area contributed by atoms with Gasteiger partial charge in [-0.05, 0) is 47.1 Å². The lowest BCUT2D eigenvalue weighted by Crippen LogP contribution is -2.25. The highest BCUT2D eigenvalue weighted by atomic mass is 31.0. The summed E-state index contributed by atoms with van der Waals surface area (Å²) in [4.78, 5) is 4.28. The zero-order chi connectivity index (χ0) is 23.3. The van der Waals surface area contributed by atoms with Crippen molar-refractivity contribution < 1.29 is 17.6 Å². The molecule has 0 amide bonds. The fraction of sp³-hybridized carbons (Fsp3) is 0.261. The normalized spacial score (nSPS) is 12.5. The maximum atomic E-state index is 14.1. The summed E-state index contributed by atoms with van der Waals surface area (Å²) in [5.74, 6) is -0.0331. The molecular formula is C23H25F4N4P. The summed E-state index contributed by atoms with van der Waals surface area (Å²) in [7, 11) is 2.53. The van der Waals surface area contributed by atoms with Crippen molar-refractivity contribution in [2.75, 3.05) is 17.2 Å². The molecule has 0 fully saturated rings. The Morgan fingerprint density at radius 1 is 1.09 bits per heavy atom. The molecule has 0 radical (unpaired) electrons. The Morgan fingerprint density at radius 3 is 2.56 bits per heavy atom. The summed E-state index contributed by atoms with van der Waals surface area (Å²) in [5.41, 5.74) is 7.42. The number of halogens is 4. The Bertz CT molecular complexity index is 1070. The lowest BCUT2D eigenvalue weighted by molar-refractivity contribution is -0.138. The summed E-state index contributed by atoms with van der Waals surface area (Å²) >= 11 is 0. The van der Waals surface area contributed by atoms with Gasteiger partial charge in [-0.1, -0.05) is 31.2 Å². The molecule has 32 heavy (non-hydrogen) atoms. The van der Waals surface area contributed by atoms with E-state index < -0.39 is 17.9 Å². The molecular weight excluding hydrogens is 439 g/mol. The maximum Gasteiger partial charge on any atom is 0.416 e. The average molecular weight is 464 g/mol. The summed E-state index contributed by atoms with van der Waals surface area (Å²) in [6, 6.07) is 11.5. The Labute approximate surface area is 186 Å². The molecule has 2 aromatic carbocycles. The lowest BCUT2D eigenvalue weighted by Gasteiger charge is -2.21. The number of nitrogens with zero attached hydrogens (tertiary/aromatic N) is 1. The van der Waals surface area contributed by atoms with Crippen molar-refractivity contribution >= 4 is 26.0 Å². The zero-order valence-corrected chi connectivity index (χ0v) is 18.7. The third-order valence-corrected chi connectivity index (χ3v) is 5.39. The first-order valence-electron chi connectivity index (χ1n) is 10.1. The van der Waals surface area contributed by atoms with Crippen LogP contribution in [0.5, 0.6) is 0 Å². The highest BCUT2D eigenvalue weighted by Crippen LogP contribution is 2.34. The predicted octanol–water partition coefficient (Wildman–Crippen LogP) is 5.22. The Balaban J connectivity index is 1.92. The maximum absolute atomic E-state index is 14.1. The van der Waals surface area contributed by atoms with Crippen LogP contribution in [0, 0.1) is 5.82 Å². The van der Waals surface area contributed by atoms with Gasteiger partial charge in [-0.25, -0.2) is 9.37 Å². The first-order chi connectivity index (χ1) is 15.2. The largest absolute Gasteiger partial charge is 0.416 e. The van der Waals surface area contributed by atoms with Gasteiger partial charge in [0.15, 0.2) is 0 Å². The molecule has 4 nitrogen and oxygen atoms in total. The topological polar surface area (TPSA) is 63.0 Å². The number of aromatic nitrogens is 1. The van der Waals surface area contributed by atoms with E-state index >= 15 is 0 Å². The molecule has 0 spiro atoms. The molecule has 0 saturated carbocycles. The molecule has 3 rings (SSSR count). The van der Waals surface area contributed by atoms with Gasteiger partial charge in [0.1, 0.15) is 17.8 Å². The number of hydrogen-bond donors (Lipinski definition) is 3. The van der Waals surface area contributed by atoms with Gasteiger partial charge in [0.2, 0.25) is 0 Å². The van der Waals surface area contributed by atoms with Gasteiger partial charge < -0.3 is 16.4 Å². The number of rotatable bonds is 8. The Hall–Kier alpha value is -2.70. The molecule has 3 aromatic rings. The number of nitrogens with one attached hydrogen (secondary N) is 2. The first-order valence-corrected chi connectivity index (χ1v) is 10.7. The second-order valence-electron chi connectivity index (χ2n) is 7.35. The summed E-state index contributed by atoms with van der Waals surface area (Å²) in [6.45, 7) is 2.75. The van der Waals surface area contributed by atoms with Crippen LogP contribution in [0.25, 0.3) is 0 Å². The van der Waals surface area contributed by atoms with Crippen molar-refractivity contribution in [3.63, 3.8) is 0 Å². The van der Waals surface area contributed by atoms with Crippen molar-refractivity contribution in [2.24, 2.45) is 5.73 Å². The van der Waals surface area contributed by atoms with Gasteiger partial charge >= 0.3 is 6.18 Å². The van der Waals surface area contributed by atoms with E-state index in [-0.39, 0.29) is 11.4 Å². The van der Waals surface area contributed by atoms with Gasteiger partial charge in [-0.15, -0.1) is 9.24 Å². The van der Waals surface area contributed by atoms with Gasteiger partial charge in [-0.2, -0.15) is 13.2 Å². The SMILES string of the molecule is CCCNc1c(P)cc(F)cc1Cc1cccnc1NC(N)c1ccccc1C(F)(F)F. The zero-order valence-electron chi connectivity index (χ0n) is 17.5. The van der Waals surface area contributed by atoms with E-state index in [2.05, 4.69) is 24.9 Å². The van der Waals surface area contributed by atoms with Gasteiger partial charge in [0, 0.05) is 30.4 Å². The minimum Gasteiger partial charge on any atom is -0.384 e. The predicted molar refractivity (Wildman–Crippen MR) is 124 cm³/mol. The molecule has 1 aromatic heterocycles. The number of hydrogen-bond acceptors (Lipinski definition) is 4. The van der Waals surface area contributed by atoms with Gasteiger partial charge in [0.25, 0.3) is 0 Å². The van der Waals surface area contributed by atoms with Crippen LogP contribution in [0.1, 0.15) is 41.8 Å². The van der Waals surface area contributed by atoms with Crippen LogP contribution < -0.4 is 21.7 Å². The van der Waals surface area contributed by atoms with E-state index in [1.807, 2.05) is 6.92 Å². The smallest absolute Gasteiger partial charge is 0.384 e. The molecule has 0 aliphatic rings. The lowest BCUT2D eigenvalue weighted by atomic mass is 10.0. The second-order valence-corrected chi connectivity index (χ2v) is 7.97. The van der Waals surface area contributed by atoms with Crippen molar-refractivity contribution in [3.05, 3.63) is 82.8 Å². The number of pyridine rings is 1. The second kappa shape index (κ2) is 10.3. The molecule has 0 aliphatic carbocycles. The standard InChI is InChI=1S/C23H25F4N4P/c1-2-9-29-20-15(12-16(24)13-19(20)32)11-14-6-5-10-30-22(14)31-21(28)17-7-3-4-8-18(17)23(25,26)27/h3-8,10,12-13,21,29H,2,9,11,28,32H2,1H3,(H,30,31). The summed E-state index contributed by atoms with van der Waals surface area (Å²) in [5, 5.41) is 6.91. The van der Waals surface area contributed by atoms with Crippen LogP contribution in [0.4, 0.5) is 29.1 Å². The summed E-state index contributed by atoms with van der Waals surface area (Å²) in [6.07, 6.45) is -2.93. The van der Waals surface area contributed by atoms with E-state index in [4.69, 9.17) is 5.73 Å². The summed E-state index contributed by atoms with van der Waals surface area (Å²) < 4.78 is 54.3. The fourth-order valence-electron chi connectivity index (χ4n) is 3.46. The molecule has 4 N–H and O–H groups in total. The third-order valence-electron chi connectivity index (χ3n) is 4.93. The van der Waals surface area contributed by atoms with Crippen molar-refractivity contribution in [2.45, 2.75) is 32.1 Å². The number of nitrogens with two attached hydrogens (primary N) is 1. The van der Waals surface area contributed by atoms with Crippen LogP contribution in [0.3, 0.4) is 0 Å². The quantitative estimate of drug-likeness (QED) is 0.243. The highest BCUT2D eigenvalue weighted by molar-refractivity contribution is 7.28. The number of alkyl halides is 3. The number of benzene rings is 2. The van der Waals surface area contributed by atoms with Crippen LogP contribution in [-0.2, 0) is 12.6 Å². The minimum atomic E-state index is -4.53. The van der Waals surface area contributed by atoms with Gasteiger partial charge in [0.05, 0.1) is 5.56 Å². The molecule has 9 heteroatoms. The third kappa shape index (κ3) is 5.75. The average Bonchev–Trinajstić information content (AvgIpc) is 2.74. The minimum absolute atomic E-state index is 0.0834. The number of anilines is 2. The van der Waals surface area contributed by atoms with Crippen molar-refractivity contribution in [1.29, 1.82) is 0 Å². The molecule has 0 bridgehead atoms. The van der Waals surface area contributed by atoms with Crippen LogP contribution >= 0.6 is 9.24 Å². The highest BCUT2D eigenvalue weighted by Gasteiger charge is 2.34. The molecule has 2 atom stereocenters. The van der Waals surface area contributed by atoms with Crippen molar-refractivity contribution in [1.82, 2.24) is 4.98 Å².